The first-order chi connectivity index (χ1) is 15.2. The van der Waals surface area contributed by atoms with Crippen LogP contribution in [0.15, 0.2) is 12.1 Å². The fraction of sp³-hybridized carbons (Fsp3) is 0.571. The predicted octanol–water partition coefficient (Wildman–Crippen LogP) is 0.147. The Balaban J connectivity index is 1.52. The standard InChI is InChI=1S/C21H28BN3O7/c1-24(2)20(28)15-7-12(9-23-15)8-17(26)25-10-14(11-25)32-16-4-3-13(5-6-22-31)19(27)18(16)21(29)30/h3-4,12,14-15,23,27H,5-11H2,1-2H3,(H,29,30)/t12-,15+/m1/s1. The Morgan fingerprint density at radius 2 is 2.00 bits per heavy atom. The second kappa shape index (κ2) is 10.1. The van der Waals surface area contributed by atoms with E-state index in [4.69, 9.17) is 4.74 Å². The smallest absolute Gasteiger partial charge is 0.000737 e. The van der Waals surface area contributed by atoms with Gasteiger partial charge in [-0.3, -0.25) is 4.79 Å². The van der Waals surface area contributed by atoms with Gasteiger partial charge in [-0.25, -0.2) is 0 Å². The van der Waals surface area contributed by atoms with Crippen LogP contribution in [-0.2, 0) is 20.7 Å². The van der Waals surface area contributed by atoms with Crippen LogP contribution in [0.25, 0.3) is 0 Å². The van der Waals surface area contributed by atoms with Crippen molar-refractivity contribution in [3.63, 3.8) is 0 Å². The molecule has 2 fully saturated rings. The molecule has 1 aromatic carbocycles. The van der Waals surface area contributed by atoms with E-state index in [1.54, 1.807) is 25.1 Å². The van der Waals surface area contributed by atoms with Gasteiger partial charge in [0.05, 0.1) is 6.04 Å². The summed E-state index contributed by atoms with van der Waals surface area (Å²) in [5.41, 5.74) is 0.0234. The molecule has 3 N–H and O–H groups in total. The fourth-order valence-corrected chi connectivity index (χ4v) is 4.07. The summed E-state index contributed by atoms with van der Waals surface area (Å²) in [6, 6.07) is 2.76. The molecule has 0 spiro atoms. The summed E-state index contributed by atoms with van der Waals surface area (Å²) in [5.74, 6) is -1.63. The van der Waals surface area contributed by atoms with Crippen LogP contribution in [0.5, 0.6) is 11.5 Å². The van der Waals surface area contributed by atoms with Crippen molar-refractivity contribution in [2.24, 2.45) is 5.92 Å². The molecule has 10 nitrogen and oxygen atoms in total. The molecule has 32 heavy (non-hydrogen) atoms. The van der Waals surface area contributed by atoms with Crippen LogP contribution >= 0.6 is 0 Å². The Morgan fingerprint density at radius 3 is 2.62 bits per heavy atom. The molecule has 11 heteroatoms. The third-order valence-corrected chi connectivity index (χ3v) is 5.89. The van der Waals surface area contributed by atoms with Crippen molar-refractivity contribution in [1.82, 2.24) is 15.1 Å². The third-order valence-electron chi connectivity index (χ3n) is 5.89. The molecular weight excluding hydrogens is 417 g/mol. The van der Waals surface area contributed by atoms with E-state index in [1.165, 1.54) is 11.0 Å². The first kappa shape index (κ1) is 23.7. The number of hydrogen-bond acceptors (Lipinski definition) is 7. The Morgan fingerprint density at radius 1 is 1.28 bits per heavy atom. The van der Waals surface area contributed by atoms with E-state index in [-0.39, 0.29) is 53.9 Å². The largest absolute Gasteiger partial charge is 0.306 e. The number of carboxylic acid groups (broad SMARTS) is 1. The van der Waals surface area contributed by atoms with Crippen LogP contribution < -0.4 is 10.1 Å². The van der Waals surface area contributed by atoms with E-state index in [9.17, 15) is 29.3 Å². The zero-order valence-corrected chi connectivity index (χ0v) is 18.2. The number of likely N-dealkylation sites (tertiary alicyclic amines) is 1. The topological polar surface area (TPSA) is 136 Å². The molecule has 2 amide bonds. The SMILES string of the molecule is CN(C)C(=O)[C@@H]1C[C@H](CC(=O)N2CC(Oc3ccc(CCB=O)c(O)c3C(=O)O)C2)CN1. The zero-order chi connectivity index (χ0) is 23.4. The normalized spacial score (nSPS) is 20.4. The Hall–Kier alpha value is -2.95. The van der Waals surface area contributed by atoms with Crippen LogP contribution in [0.3, 0.4) is 0 Å². The maximum Gasteiger partial charge on any atom is -0.000737 e. The van der Waals surface area contributed by atoms with Gasteiger partial charge in [-0.15, -0.1) is 0 Å². The molecule has 0 unspecified atom stereocenters. The fourth-order valence-electron chi connectivity index (χ4n) is 4.07. The number of benzene rings is 1. The van der Waals surface area contributed by atoms with E-state index >= 15 is 0 Å². The number of phenols is 1. The molecule has 0 aromatic heterocycles. The molecule has 0 radical (unpaired) electrons. The number of amides is 2. The monoisotopic (exact) mass is 445 g/mol. The minimum atomic E-state index is -1.33. The van der Waals surface area contributed by atoms with E-state index in [0.29, 0.717) is 45.2 Å². The molecule has 3 rings (SSSR count). The van der Waals surface area contributed by atoms with Gasteiger partial charge in [-0.1, -0.05) is 0 Å². The van der Waals surface area contributed by atoms with Gasteiger partial charge in [0.25, 0.3) is 0 Å². The van der Waals surface area contributed by atoms with Gasteiger partial charge >= 0.3 is 126 Å². The van der Waals surface area contributed by atoms with Crippen molar-refractivity contribution in [3.05, 3.63) is 23.3 Å². The molecule has 2 atom stereocenters. The number of aromatic hydroxyl groups is 1. The van der Waals surface area contributed by atoms with Crippen molar-refractivity contribution in [1.29, 1.82) is 0 Å². The number of likely N-dealkylation sites (N-methyl/N-ethyl adjacent to an activating group) is 1. The minimum Gasteiger partial charge on any atom is -0.306 e. The molecule has 0 saturated carbocycles. The average molecular weight is 445 g/mol. The number of aryl methyl sites for hydroxylation is 1. The number of carbonyl (C=O) groups is 3. The van der Waals surface area contributed by atoms with Crippen molar-refractivity contribution in [2.75, 3.05) is 33.7 Å². The van der Waals surface area contributed by atoms with Crippen LogP contribution in [0.2, 0.25) is 6.32 Å². The second-order valence-corrected chi connectivity index (χ2v) is 8.49. The maximum atomic E-state index is 12.5. The molecule has 2 aliphatic rings. The van der Waals surface area contributed by atoms with Crippen molar-refractivity contribution in [3.8, 4) is 11.5 Å². The van der Waals surface area contributed by atoms with E-state index < -0.39 is 11.7 Å². The maximum absolute atomic E-state index is 12.5. The molecule has 1 aromatic rings. The van der Waals surface area contributed by atoms with E-state index in [1.807, 2.05) is 0 Å². The Labute approximate surface area is 186 Å². The third kappa shape index (κ3) is 5.27. The van der Waals surface area contributed by atoms with Crippen LogP contribution in [0.1, 0.15) is 28.8 Å². The zero-order valence-electron chi connectivity index (χ0n) is 18.2. The Kier molecular flexibility index (Phi) is 7.50. The van der Waals surface area contributed by atoms with Gasteiger partial charge in [0.2, 0.25) is 5.91 Å². The average Bonchev–Trinajstić information content (AvgIpc) is 3.16. The second-order valence-electron chi connectivity index (χ2n) is 8.49. The number of nitrogens with one attached hydrogen (secondary N) is 1. The van der Waals surface area contributed by atoms with E-state index in [2.05, 4.69) is 5.32 Å². The number of aromatic carboxylic acids is 1. The molecule has 2 heterocycles. The number of carboxylic acids is 1. The van der Waals surface area contributed by atoms with Crippen molar-refractivity contribution < 1.29 is 34.0 Å². The van der Waals surface area contributed by atoms with Gasteiger partial charge < -0.3 is 10.2 Å². The van der Waals surface area contributed by atoms with Crippen molar-refractivity contribution in [2.45, 2.75) is 37.7 Å². The molecule has 2 aliphatic heterocycles. The first-order valence-corrected chi connectivity index (χ1v) is 10.6. The van der Waals surface area contributed by atoms with E-state index in [0.717, 1.165) is 0 Å². The first-order valence-electron chi connectivity index (χ1n) is 10.6. The molecule has 172 valence electrons. The number of carbonyl (C=O) groups excluding carboxylic acids is 2. The Bertz CT molecular complexity index is 902. The summed E-state index contributed by atoms with van der Waals surface area (Å²) in [7, 11) is 4.11. The minimum absolute atomic E-state index is 0.00651. The molecular formula is C21H28BN3O7. The number of hydrogen-bond donors (Lipinski definition) is 3. The summed E-state index contributed by atoms with van der Waals surface area (Å²) < 4.78 is 16.3. The summed E-state index contributed by atoms with van der Waals surface area (Å²) in [5, 5.41) is 22.9. The van der Waals surface area contributed by atoms with Crippen LogP contribution in [0.4, 0.5) is 0 Å². The number of ether oxygens (including phenoxy) is 1. The van der Waals surface area contributed by atoms with Gasteiger partial charge in [0.1, 0.15) is 0 Å². The van der Waals surface area contributed by atoms with Gasteiger partial charge in [0.15, 0.2) is 0 Å². The summed E-state index contributed by atoms with van der Waals surface area (Å²) in [6.45, 7) is 1.26. The molecule has 0 bridgehead atoms. The van der Waals surface area contributed by atoms with Gasteiger partial charge in [0, 0.05) is 14.1 Å². The van der Waals surface area contributed by atoms with Crippen molar-refractivity contribution >= 4 is 24.9 Å². The predicted molar refractivity (Wildman–Crippen MR) is 114 cm³/mol. The summed E-state index contributed by atoms with van der Waals surface area (Å²) in [6.07, 6.45) is 0.991. The van der Waals surface area contributed by atoms with Crippen LogP contribution in [0, 0.1) is 5.92 Å². The molecule has 0 aliphatic carbocycles. The quantitative estimate of drug-likeness (QED) is 0.457. The summed E-state index contributed by atoms with van der Waals surface area (Å²) in [4.78, 5) is 39.4. The van der Waals surface area contributed by atoms with Crippen LogP contribution in [-0.4, -0.2) is 90.8 Å². The number of nitrogens with zero attached hydrogens (tertiary/aromatic N) is 2. The van der Waals surface area contributed by atoms with Gasteiger partial charge in [-0.2, -0.15) is 0 Å². The van der Waals surface area contributed by atoms with Gasteiger partial charge in [-0.05, 0) is 18.9 Å². The number of rotatable bonds is 9. The summed E-state index contributed by atoms with van der Waals surface area (Å²) >= 11 is 0. The molecule has 2 saturated heterocycles.